The first-order chi connectivity index (χ1) is 9.70. The number of aliphatic hydroxyl groups is 1. The van der Waals surface area contributed by atoms with Crippen molar-refractivity contribution >= 4 is 18.0 Å². The molecule has 0 aromatic heterocycles. The summed E-state index contributed by atoms with van der Waals surface area (Å²) in [4.78, 5) is 11.5. The Labute approximate surface area is 120 Å². The Balaban J connectivity index is 2.08. The lowest BCUT2D eigenvalue weighted by atomic mass is 9.95. The topological polar surface area (TPSA) is 88.1 Å². The lowest BCUT2D eigenvalue weighted by molar-refractivity contribution is -0.777. The van der Waals surface area contributed by atoms with Crippen molar-refractivity contribution in [2.75, 3.05) is 0 Å². The van der Waals surface area contributed by atoms with Crippen LogP contribution in [-0.2, 0) is 18.9 Å². The van der Waals surface area contributed by atoms with Crippen LogP contribution in [0.25, 0.3) is 0 Å². The monoisotopic (exact) mass is 335 g/mol. The van der Waals surface area contributed by atoms with Gasteiger partial charge in [0.05, 0.1) is 18.1 Å². The van der Waals surface area contributed by atoms with Gasteiger partial charge in [-0.15, -0.1) is 0 Å². The fourth-order valence-electron chi connectivity index (χ4n) is 2.83. The summed E-state index contributed by atoms with van der Waals surface area (Å²) in [7, 11) is 0. The summed E-state index contributed by atoms with van der Waals surface area (Å²) in [6.45, 7) is 0. The van der Waals surface area contributed by atoms with E-state index in [0.717, 1.165) is 0 Å². The van der Waals surface area contributed by atoms with E-state index >= 15 is 0 Å². The van der Waals surface area contributed by atoms with Crippen LogP contribution in [-0.4, -0.2) is 34.5 Å². The molecule has 2 rings (SSSR count). The Kier molecular flexibility index (Phi) is 4.69. The molecule has 122 valence electrons. The second-order valence-electron chi connectivity index (χ2n) is 5.01. The first-order valence-electron chi connectivity index (χ1n) is 6.00. The van der Waals surface area contributed by atoms with Crippen LogP contribution in [0, 0.1) is 11.8 Å². The molecule has 2 fully saturated rings. The van der Waals surface area contributed by atoms with Crippen LogP contribution in [0.2, 0.25) is 0 Å². The number of hydrogen-bond donors (Lipinski definition) is 1. The highest BCUT2D eigenvalue weighted by atomic mass is 32.2. The average molecular weight is 335 g/mol. The molecule has 5 atom stereocenters. The molecular weight excluding hydrogens is 324 g/mol. The van der Waals surface area contributed by atoms with Crippen molar-refractivity contribution in [2.45, 2.75) is 42.6 Å². The maximum Gasteiger partial charge on any atom is 0.446 e. The van der Waals surface area contributed by atoms with Gasteiger partial charge in [-0.2, -0.15) is 17.5 Å². The van der Waals surface area contributed by atoms with Crippen molar-refractivity contribution in [2.24, 2.45) is 11.8 Å². The number of halogens is 4. The predicted octanol–water partition coefficient (Wildman–Crippen LogP) is 0.789. The van der Waals surface area contributed by atoms with Crippen LogP contribution < -0.4 is 5.26 Å². The zero-order valence-corrected chi connectivity index (χ0v) is 11.2. The van der Waals surface area contributed by atoms with E-state index < -0.39 is 41.4 Å². The highest BCUT2D eigenvalue weighted by Gasteiger charge is 2.67. The van der Waals surface area contributed by atoms with E-state index in [-0.39, 0.29) is 11.8 Å². The van der Waals surface area contributed by atoms with Crippen LogP contribution in [0.1, 0.15) is 19.3 Å². The van der Waals surface area contributed by atoms with Gasteiger partial charge in [0, 0.05) is 0 Å². The molecule has 0 saturated heterocycles. The predicted molar refractivity (Wildman–Crippen MR) is 56.4 cm³/mol. The summed E-state index contributed by atoms with van der Waals surface area (Å²) in [5.74, 6) is -2.75. The molecule has 0 aromatic carbocycles. The summed E-state index contributed by atoms with van der Waals surface area (Å²) in [5, 5.41) is 17.4. The van der Waals surface area contributed by atoms with E-state index in [9.17, 15) is 32.7 Å². The molecule has 0 radical (unpaired) electrons. The lowest BCUT2D eigenvalue weighted by Crippen LogP contribution is -2.49. The molecule has 2 aliphatic rings. The van der Waals surface area contributed by atoms with Crippen molar-refractivity contribution in [3.8, 4) is 0 Å². The smallest absolute Gasteiger partial charge is 0.446 e. The molecule has 2 saturated carbocycles. The summed E-state index contributed by atoms with van der Waals surface area (Å²) in [6.07, 6.45) is -6.22. The van der Waals surface area contributed by atoms with Gasteiger partial charge >= 0.3 is 17.1 Å². The first-order valence-corrected chi connectivity index (χ1v) is 6.74. The van der Waals surface area contributed by atoms with Gasteiger partial charge in [-0.25, -0.2) is 9.18 Å². The van der Waals surface area contributed by atoms with Gasteiger partial charge in [0.15, 0.2) is 0 Å². The molecule has 21 heavy (non-hydrogen) atoms. The number of ether oxygens (including phenoxy) is 1. The van der Waals surface area contributed by atoms with Gasteiger partial charge in [-0.3, -0.25) is 5.04 Å². The third-order valence-corrected chi connectivity index (χ3v) is 4.60. The zero-order valence-electron chi connectivity index (χ0n) is 10.3. The Bertz CT molecular complexity index is 405. The minimum Gasteiger partial charge on any atom is -0.691 e. The molecule has 2 aliphatic carbocycles. The van der Waals surface area contributed by atoms with Crippen molar-refractivity contribution in [1.82, 2.24) is 0 Å². The minimum absolute atomic E-state index is 0.165. The van der Waals surface area contributed by atoms with E-state index in [0.29, 0.717) is 19.3 Å². The molecule has 11 heteroatoms. The summed E-state index contributed by atoms with van der Waals surface area (Å²) in [6, 6.07) is 0. The number of rotatable bonds is 5. The SMILES string of the molecule is O=C(OC1C2CCC(C2)C1O)C(F)(SOO[O-])C(F)(F)F. The second-order valence-corrected chi connectivity index (χ2v) is 5.87. The second kappa shape index (κ2) is 5.88. The quantitative estimate of drug-likeness (QED) is 0.261. The van der Waals surface area contributed by atoms with Gasteiger partial charge in [0.25, 0.3) is 0 Å². The highest BCUT2D eigenvalue weighted by Crippen LogP contribution is 2.49. The number of carbonyl (C=O) groups is 1. The summed E-state index contributed by atoms with van der Waals surface area (Å²) in [5.41, 5.74) is 0. The molecule has 0 amide bonds. The molecule has 6 nitrogen and oxygen atoms in total. The summed E-state index contributed by atoms with van der Waals surface area (Å²) < 4.78 is 59.6. The maximum atomic E-state index is 13.8. The fourth-order valence-corrected chi connectivity index (χ4v) is 3.16. The van der Waals surface area contributed by atoms with Crippen LogP contribution in [0.15, 0.2) is 0 Å². The van der Waals surface area contributed by atoms with Gasteiger partial charge in [-0.05, 0) is 31.1 Å². The lowest BCUT2D eigenvalue weighted by Gasteiger charge is -2.30. The number of aliphatic hydroxyl groups excluding tert-OH is 1. The minimum atomic E-state index is -5.68. The number of alkyl halides is 4. The maximum absolute atomic E-state index is 13.8. The largest absolute Gasteiger partial charge is 0.691 e. The molecule has 1 N–H and O–H groups in total. The van der Waals surface area contributed by atoms with Crippen molar-refractivity contribution < 1.29 is 46.8 Å². The third-order valence-electron chi connectivity index (χ3n) is 3.84. The van der Waals surface area contributed by atoms with Crippen molar-refractivity contribution in [3.63, 3.8) is 0 Å². The van der Waals surface area contributed by atoms with E-state index in [1.54, 1.807) is 0 Å². The van der Waals surface area contributed by atoms with Crippen LogP contribution in [0.3, 0.4) is 0 Å². The fraction of sp³-hybridized carbons (Fsp3) is 0.900. The molecule has 0 aliphatic heterocycles. The van der Waals surface area contributed by atoms with Gasteiger partial charge in [0.1, 0.15) is 6.10 Å². The van der Waals surface area contributed by atoms with Crippen molar-refractivity contribution in [1.29, 1.82) is 0 Å². The van der Waals surface area contributed by atoms with Gasteiger partial charge in [0.2, 0.25) is 0 Å². The first kappa shape index (κ1) is 16.7. The van der Waals surface area contributed by atoms with Gasteiger partial charge < -0.3 is 15.1 Å². The molecular formula is C10H11F4O6S-. The standard InChI is InChI=1S/C10H12F4O6S/c11-9(10(12,13)14,21-20-19-17)8(16)18-7-5-2-1-4(3-5)6(7)15/h4-7,15,17H,1-3H2/p-1. The van der Waals surface area contributed by atoms with E-state index in [2.05, 4.69) is 14.1 Å². The van der Waals surface area contributed by atoms with E-state index in [1.807, 2.05) is 0 Å². The molecule has 0 spiro atoms. The van der Waals surface area contributed by atoms with Crippen LogP contribution >= 0.6 is 12.0 Å². The Hall–Kier alpha value is -0.620. The van der Waals surface area contributed by atoms with Crippen molar-refractivity contribution in [3.05, 3.63) is 0 Å². The van der Waals surface area contributed by atoms with Gasteiger partial charge in [-0.1, -0.05) is 0 Å². The Morgan fingerprint density at radius 1 is 1.24 bits per heavy atom. The number of esters is 1. The molecule has 5 unspecified atom stereocenters. The number of fused-ring (bicyclic) bond motifs is 2. The Morgan fingerprint density at radius 3 is 2.33 bits per heavy atom. The molecule has 0 aromatic rings. The number of hydrogen-bond acceptors (Lipinski definition) is 7. The average Bonchev–Trinajstić information content (AvgIpc) is 2.98. The third kappa shape index (κ3) is 2.97. The highest BCUT2D eigenvalue weighted by molar-refractivity contribution is 7.96. The zero-order chi connectivity index (χ0) is 15.8. The molecule has 0 heterocycles. The van der Waals surface area contributed by atoms with Crippen LogP contribution in [0.5, 0.6) is 0 Å². The number of carbonyl (C=O) groups excluding carboxylic acids is 1. The Morgan fingerprint density at radius 2 is 1.86 bits per heavy atom. The molecule has 2 bridgehead atoms. The summed E-state index contributed by atoms with van der Waals surface area (Å²) >= 11 is -1.14. The van der Waals surface area contributed by atoms with Crippen LogP contribution in [0.4, 0.5) is 17.6 Å². The van der Waals surface area contributed by atoms with E-state index in [1.165, 1.54) is 0 Å². The van der Waals surface area contributed by atoms with E-state index in [4.69, 9.17) is 0 Å². The normalized spacial score (nSPS) is 34.8.